The van der Waals surface area contributed by atoms with Gasteiger partial charge >= 0.3 is 0 Å². The van der Waals surface area contributed by atoms with E-state index in [1.165, 1.54) is 0 Å². The molecule has 124 valence electrons. The van der Waals surface area contributed by atoms with Gasteiger partial charge in [0, 0.05) is 37.1 Å². The maximum absolute atomic E-state index is 6.24. The smallest absolute Gasteiger partial charge is 0.209 e. The number of anilines is 1. The zero-order valence-electron chi connectivity index (χ0n) is 13.3. The van der Waals surface area contributed by atoms with Gasteiger partial charge < -0.3 is 14.4 Å². The second kappa shape index (κ2) is 6.30. The molecule has 0 saturated carbocycles. The van der Waals surface area contributed by atoms with Crippen LogP contribution in [-0.2, 0) is 4.74 Å². The summed E-state index contributed by atoms with van der Waals surface area (Å²) < 4.78 is 12.8. The Morgan fingerprint density at radius 2 is 2.04 bits per heavy atom. The Hall–Kier alpha value is -2.31. The Morgan fingerprint density at radius 1 is 1.21 bits per heavy atom. The topological polar surface area (TPSA) is 51.9 Å². The van der Waals surface area contributed by atoms with Gasteiger partial charge in [0.25, 0.3) is 0 Å². The van der Waals surface area contributed by atoms with E-state index in [0.29, 0.717) is 5.28 Å². The number of hydrogen-bond donors (Lipinski definition) is 0. The summed E-state index contributed by atoms with van der Waals surface area (Å²) >= 11 is 6.24. The number of methoxy groups -OCH3 is 1. The maximum Gasteiger partial charge on any atom is 0.209 e. The van der Waals surface area contributed by atoms with Crippen molar-refractivity contribution >= 4 is 22.9 Å². The zero-order valence-corrected chi connectivity index (χ0v) is 14.0. The molecule has 4 rings (SSSR count). The first kappa shape index (κ1) is 15.2. The minimum Gasteiger partial charge on any atom is -0.495 e. The van der Waals surface area contributed by atoms with Crippen molar-refractivity contribution < 1.29 is 9.47 Å². The second-order valence-corrected chi connectivity index (χ2v) is 5.89. The summed E-state index contributed by atoms with van der Waals surface area (Å²) in [5.41, 5.74) is 3.54. The van der Waals surface area contributed by atoms with Gasteiger partial charge in [0.2, 0.25) is 5.28 Å². The second-order valence-electron chi connectivity index (χ2n) is 5.55. The number of halogens is 1. The van der Waals surface area contributed by atoms with Gasteiger partial charge in [-0.3, -0.25) is 4.40 Å². The summed E-state index contributed by atoms with van der Waals surface area (Å²) in [5.74, 6) is 0.815. The average Bonchev–Trinajstić information content (AvgIpc) is 3.11. The van der Waals surface area contributed by atoms with Crippen LogP contribution in [0.15, 0.2) is 36.7 Å². The summed E-state index contributed by atoms with van der Waals surface area (Å²) in [5, 5.41) is 0.385. The number of hydrogen-bond acceptors (Lipinski definition) is 5. The van der Waals surface area contributed by atoms with Gasteiger partial charge in [-0.1, -0.05) is 6.07 Å². The summed E-state index contributed by atoms with van der Waals surface area (Å²) in [7, 11) is 1.68. The van der Waals surface area contributed by atoms with Crippen molar-refractivity contribution in [1.82, 2.24) is 14.4 Å². The van der Waals surface area contributed by atoms with Crippen LogP contribution in [0.4, 0.5) is 5.69 Å². The standard InChI is InChI=1S/C17H17ClN4O2/c1-23-15-10-12(2-3-14(15)21-6-8-24-9-7-21)13-11-16-19-4-5-22(16)17(18)20-13/h2-5,10-11H,6-9H2,1H3. The summed E-state index contributed by atoms with van der Waals surface area (Å²) in [6.45, 7) is 3.19. The Morgan fingerprint density at radius 3 is 2.83 bits per heavy atom. The third kappa shape index (κ3) is 2.68. The van der Waals surface area contributed by atoms with E-state index in [-0.39, 0.29) is 0 Å². The fraction of sp³-hybridized carbons (Fsp3) is 0.294. The van der Waals surface area contributed by atoms with Crippen molar-refractivity contribution in [2.24, 2.45) is 0 Å². The molecule has 1 aliphatic heterocycles. The highest BCUT2D eigenvalue weighted by Crippen LogP contribution is 2.33. The maximum atomic E-state index is 6.24. The minimum absolute atomic E-state index is 0.385. The van der Waals surface area contributed by atoms with Crippen LogP contribution >= 0.6 is 11.6 Å². The molecule has 24 heavy (non-hydrogen) atoms. The van der Waals surface area contributed by atoms with Gasteiger partial charge in [-0.25, -0.2) is 9.97 Å². The van der Waals surface area contributed by atoms with Crippen LogP contribution in [0, 0.1) is 0 Å². The monoisotopic (exact) mass is 344 g/mol. The summed E-state index contributed by atoms with van der Waals surface area (Å²) in [6, 6.07) is 7.99. The Bertz CT molecular complexity index is 874. The molecule has 0 radical (unpaired) electrons. The molecule has 2 aromatic heterocycles. The van der Waals surface area contributed by atoms with Crippen LogP contribution < -0.4 is 9.64 Å². The van der Waals surface area contributed by atoms with Crippen LogP contribution in [0.3, 0.4) is 0 Å². The molecule has 0 N–H and O–H groups in total. The minimum atomic E-state index is 0.385. The lowest BCUT2D eigenvalue weighted by Crippen LogP contribution is -2.36. The molecule has 0 bridgehead atoms. The molecule has 1 saturated heterocycles. The zero-order chi connectivity index (χ0) is 16.5. The van der Waals surface area contributed by atoms with E-state index in [1.54, 1.807) is 23.9 Å². The predicted molar refractivity (Wildman–Crippen MR) is 93.0 cm³/mol. The Balaban J connectivity index is 1.74. The molecular weight excluding hydrogens is 328 g/mol. The normalized spacial score (nSPS) is 15.0. The molecule has 1 aromatic carbocycles. The van der Waals surface area contributed by atoms with Gasteiger partial charge in [-0.2, -0.15) is 0 Å². The number of fused-ring (bicyclic) bond motifs is 1. The fourth-order valence-corrected chi connectivity index (χ4v) is 3.17. The molecule has 1 fully saturated rings. The highest BCUT2D eigenvalue weighted by Gasteiger charge is 2.17. The molecule has 3 aromatic rings. The predicted octanol–water partition coefficient (Wildman–Crippen LogP) is 2.89. The number of morpholine rings is 1. The third-order valence-electron chi connectivity index (χ3n) is 4.17. The van der Waals surface area contributed by atoms with Crippen LogP contribution in [0.5, 0.6) is 5.75 Å². The molecule has 0 aliphatic carbocycles. The van der Waals surface area contributed by atoms with Crippen LogP contribution in [0.25, 0.3) is 16.9 Å². The van der Waals surface area contributed by atoms with Gasteiger partial charge in [-0.05, 0) is 23.7 Å². The van der Waals surface area contributed by atoms with Crippen molar-refractivity contribution in [3.05, 3.63) is 41.9 Å². The highest BCUT2D eigenvalue weighted by molar-refractivity contribution is 6.28. The largest absolute Gasteiger partial charge is 0.495 e. The molecular formula is C17H17ClN4O2. The number of nitrogens with zero attached hydrogens (tertiary/aromatic N) is 4. The van der Waals surface area contributed by atoms with E-state index in [2.05, 4.69) is 20.9 Å². The van der Waals surface area contributed by atoms with Crippen molar-refractivity contribution in [1.29, 1.82) is 0 Å². The lowest BCUT2D eigenvalue weighted by atomic mass is 10.1. The van der Waals surface area contributed by atoms with E-state index >= 15 is 0 Å². The van der Waals surface area contributed by atoms with Gasteiger partial charge in [0.15, 0.2) is 0 Å². The number of ether oxygens (including phenoxy) is 2. The molecule has 6 nitrogen and oxygen atoms in total. The SMILES string of the molecule is COc1cc(-c2cc3nccn3c(Cl)n2)ccc1N1CCOCC1. The fourth-order valence-electron chi connectivity index (χ4n) is 2.94. The molecule has 3 heterocycles. The van der Waals surface area contributed by atoms with Crippen molar-refractivity contribution in [2.75, 3.05) is 38.3 Å². The highest BCUT2D eigenvalue weighted by atomic mass is 35.5. The lowest BCUT2D eigenvalue weighted by molar-refractivity contribution is 0.122. The molecule has 7 heteroatoms. The Kier molecular flexibility index (Phi) is 4.00. The van der Waals surface area contributed by atoms with E-state index in [9.17, 15) is 0 Å². The summed E-state index contributed by atoms with van der Waals surface area (Å²) in [4.78, 5) is 11.0. The quantitative estimate of drug-likeness (QED) is 0.684. The first-order valence-electron chi connectivity index (χ1n) is 7.77. The number of aromatic nitrogens is 3. The molecule has 1 aliphatic rings. The van der Waals surface area contributed by atoms with Gasteiger partial charge in [0.05, 0.1) is 31.7 Å². The molecule has 0 unspecified atom stereocenters. The van der Waals surface area contributed by atoms with E-state index in [1.807, 2.05) is 18.2 Å². The first-order chi connectivity index (χ1) is 11.8. The van der Waals surface area contributed by atoms with Crippen LogP contribution in [-0.4, -0.2) is 47.8 Å². The van der Waals surface area contributed by atoms with E-state index in [0.717, 1.165) is 54.6 Å². The van der Waals surface area contributed by atoms with Crippen molar-refractivity contribution in [2.45, 2.75) is 0 Å². The summed E-state index contributed by atoms with van der Waals surface area (Å²) in [6.07, 6.45) is 3.49. The third-order valence-corrected chi connectivity index (χ3v) is 4.44. The van der Waals surface area contributed by atoms with Gasteiger partial charge in [-0.15, -0.1) is 0 Å². The van der Waals surface area contributed by atoms with Crippen molar-refractivity contribution in [3.8, 4) is 17.0 Å². The number of rotatable bonds is 3. The molecule has 0 spiro atoms. The molecule has 0 atom stereocenters. The van der Waals surface area contributed by atoms with Crippen LogP contribution in [0.2, 0.25) is 5.28 Å². The number of benzene rings is 1. The molecule has 0 amide bonds. The average molecular weight is 345 g/mol. The van der Waals surface area contributed by atoms with Crippen LogP contribution in [0.1, 0.15) is 0 Å². The van der Waals surface area contributed by atoms with E-state index < -0.39 is 0 Å². The van der Waals surface area contributed by atoms with Crippen molar-refractivity contribution in [3.63, 3.8) is 0 Å². The number of imidazole rings is 1. The van der Waals surface area contributed by atoms with E-state index in [4.69, 9.17) is 21.1 Å². The Labute approximate surface area is 144 Å². The lowest BCUT2D eigenvalue weighted by Gasteiger charge is -2.30. The van der Waals surface area contributed by atoms with Gasteiger partial charge in [0.1, 0.15) is 11.4 Å². The first-order valence-corrected chi connectivity index (χ1v) is 8.15.